The Balaban J connectivity index is 1.62. The van der Waals surface area contributed by atoms with E-state index in [4.69, 9.17) is 0 Å². The van der Waals surface area contributed by atoms with E-state index < -0.39 is 6.04 Å². The van der Waals surface area contributed by atoms with Gasteiger partial charge in [-0.25, -0.2) is 0 Å². The molecule has 150 valence electrons. The largest absolute Gasteiger partial charge is 0.325 e. The minimum absolute atomic E-state index is 0.127. The summed E-state index contributed by atoms with van der Waals surface area (Å²) in [5, 5.41) is 8.00. The van der Waals surface area contributed by atoms with Gasteiger partial charge >= 0.3 is 0 Å². The highest BCUT2D eigenvalue weighted by Crippen LogP contribution is 2.23. The molecule has 5 heteroatoms. The lowest BCUT2D eigenvalue weighted by Crippen LogP contribution is -2.43. The van der Waals surface area contributed by atoms with Gasteiger partial charge in [0.05, 0.1) is 12.6 Å². The number of benzene rings is 3. The molecule has 1 atom stereocenters. The minimum Gasteiger partial charge on any atom is -0.325 e. The van der Waals surface area contributed by atoms with Gasteiger partial charge in [0.15, 0.2) is 0 Å². The third-order valence-electron chi connectivity index (χ3n) is 5.15. The first kappa shape index (κ1) is 20.6. The van der Waals surface area contributed by atoms with Crippen LogP contribution in [0.3, 0.4) is 0 Å². The Morgan fingerprint density at radius 2 is 1.55 bits per heavy atom. The monoisotopic (exact) mass is 389 g/mol. The van der Waals surface area contributed by atoms with Gasteiger partial charge in [-0.2, -0.15) is 0 Å². The summed E-state index contributed by atoms with van der Waals surface area (Å²) in [6.07, 6.45) is 0.843. The molecule has 2 amide bonds. The summed E-state index contributed by atoms with van der Waals surface area (Å²) >= 11 is 0. The van der Waals surface area contributed by atoms with Crippen molar-refractivity contribution in [3.8, 4) is 0 Å². The molecule has 3 aromatic carbocycles. The zero-order valence-corrected chi connectivity index (χ0v) is 17.1. The number of anilines is 2. The molecule has 0 aliphatic carbocycles. The van der Waals surface area contributed by atoms with Crippen molar-refractivity contribution in [2.75, 3.05) is 24.2 Å². The molecule has 0 aliphatic heterocycles. The molecule has 2 N–H and O–H groups in total. The zero-order valence-electron chi connectivity index (χ0n) is 17.1. The lowest BCUT2D eigenvalue weighted by molar-refractivity contribution is -0.122. The Hall–Kier alpha value is -3.18. The first-order valence-electron chi connectivity index (χ1n) is 9.86. The second-order valence-electron chi connectivity index (χ2n) is 7.17. The van der Waals surface area contributed by atoms with Crippen LogP contribution in [-0.2, 0) is 16.0 Å². The predicted molar refractivity (Wildman–Crippen MR) is 119 cm³/mol. The van der Waals surface area contributed by atoms with E-state index in [-0.39, 0.29) is 18.4 Å². The van der Waals surface area contributed by atoms with Gasteiger partial charge in [0.25, 0.3) is 0 Å². The Labute approximate surface area is 171 Å². The maximum Gasteiger partial charge on any atom is 0.241 e. The molecule has 5 nitrogen and oxygen atoms in total. The number of fused-ring (bicyclic) bond motifs is 1. The van der Waals surface area contributed by atoms with E-state index in [2.05, 4.69) is 17.6 Å². The van der Waals surface area contributed by atoms with Gasteiger partial charge in [0, 0.05) is 16.8 Å². The molecule has 0 spiro atoms. The molecule has 0 unspecified atom stereocenters. The van der Waals surface area contributed by atoms with Crippen molar-refractivity contribution in [2.24, 2.45) is 0 Å². The van der Waals surface area contributed by atoms with Crippen LogP contribution in [-0.4, -0.2) is 36.3 Å². The third-order valence-corrected chi connectivity index (χ3v) is 5.15. The fourth-order valence-electron chi connectivity index (χ4n) is 3.28. The van der Waals surface area contributed by atoms with Gasteiger partial charge in [-0.05, 0) is 43.5 Å². The quantitative estimate of drug-likeness (QED) is 0.633. The van der Waals surface area contributed by atoms with Crippen LogP contribution in [0.1, 0.15) is 19.4 Å². The molecule has 0 fully saturated rings. The van der Waals surface area contributed by atoms with E-state index >= 15 is 0 Å². The maximum absolute atomic E-state index is 12.8. The summed E-state index contributed by atoms with van der Waals surface area (Å²) < 4.78 is 0. The summed E-state index contributed by atoms with van der Waals surface area (Å²) in [6.45, 7) is 3.98. The van der Waals surface area contributed by atoms with Crippen molar-refractivity contribution in [2.45, 2.75) is 26.3 Å². The Bertz CT molecular complexity index is 1010. The highest BCUT2D eigenvalue weighted by molar-refractivity contribution is 6.04. The number of likely N-dealkylation sites (N-methyl/N-ethyl adjacent to an activating group) is 1. The molecule has 0 heterocycles. The van der Waals surface area contributed by atoms with E-state index in [1.165, 1.54) is 0 Å². The fourth-order valence-corrected chi connectivity index (χ4v) is 3.28. The summed E-state index contributed by atoms with van der Waals surface area (Å²) in [5.41, 5.74) is 2.68. The van der Waals surface area contributed by atoms with E-state index in [0.29, 0.717) is 0 Å². The van der Waals surface area contributed by atoms with Crippen molar-refractivity contribution in [3.05, 3.63) is 72.3 Å². The first-order chi connectivity index (χ1) is 14.0. The van der Waals surface area contributed by atoms with Crippen LogP contribution in [0.15, 0.2) is 66.7 Å². The highest BCUT2D eigenvalue weighted by atomic mass is 16.2. The first-order valence-corrected chi connectivity index (χ1v) is 9.86. The molecular weight excluding hydrogens is 362 g/mol. The maximum atomic E-state index is 12.8. The van der Waals surface area contributed by atoms with Crippen molar-refractivity contribution in [1.29, 1.82) is 0 Å². The zero-order chi connectivity index (χ0) is 20.8. The number of hydrogen-bond donors (Lipinski definition) is 2. The molecule has 0 radical (unpaired) electrons. The van der Waals surface area contributed by atoms with Crippen LogP contribution in [0.2, 0.25) is 0 Å². The number of aryl methyl sites for hydroxylation is 1. The van der Waals surface area contributed by atoms with Crippen LogP contribution in [0.4, 0.5) is 11.4 Å². The predicted octanol–water partition coefficient (Wildman–Crippen LogP) is 4.30. The average Bonchev–Trinajstić information content (AvgIpc) is 2.73. The molecule has 0 bridgehead atoms. The Morgan fingerprint density at radius 1 is 0.897 bits per heavy atom. The van der Waals surface area contributed by atoms with Gasteiger partial charge < -0.3 is 10.6 Å². The van der Waals surface area contributed by atoms with Crippen molar-refractivity contribution < 1.29 is 9.59 Å². The second kappa shape index (κ2) is 9.34. The Kier molecular flexibility index (Phi) is 6.62. The van der Waals surface area contributed by atoms with Crippen molar-refractivity contribution in [3.63, 3.8) is 0 Å². The molecular formula is C24H27N3O2. The van der Waals surface area contributed by atoms with Crippen LogP contribution in [0.25, 0.3) is 10.8 Å². The molecule has 0 aromatic heterocycles. The Morgan fingerprint density at radius 3 is 2.34 bits per heavy atom. The average molecular weight is 389 g/mol. The molecule has 29 heavy (non-hydrogen) atoms. The van der Waals surface area contributed by atoms with Crippen LogP contribution >= 0.6 is 0 Å². The number of para-hydroxylation sites is 1. The van der Waals surface area contributed by atoms with Crippen molar-refractivity contribution in [1.82, 2.24) is 4.90 Å². The lowest BCUT2D eigenvalue weighted by atomic mass is 10.1. The molecule has 3 aromatic rings. The van der Waals surface area contributed by atoms with Gasteiger partial charge in [-0.1, -0.05) is 61.5 Å². The number of nitrogens with zero attached hydrogens (tertiary/aromatic N) is 1. The summed E-state index contributed by atoms with van der Waals surface area (Å²) in [4.78, 5) is 27.0. The molecule has 3 rings (SSSR count). The smallest absolute Gasteiger partial charge is 0.241 e. The summed E-state index contributed by atoms with van der Waals surface area (Å²) in [7, 11) is 1.78. The van der Waals surface area contributed by atoms with E-state index in [9.17, 15) is 9.59 Å². The second-order valence-corrected chi connectivity index (χ2v) is 7.17. The third kappa shape index (κ3) is 5.00. The van der Waals surface area contributed by atoms with Gasteiger partial charge in [0.1, 0.15) is 0 Å². The number of carbonyl (C=O) groups excluding carboxylic acids is 2. The normalized spacial score (nSPS) is 12.0. The molecule has 0 aliphatic rings. The summed E-state index contributed by atoms with van der Waals surface area (Å²) in [5.74, 6) is -0.288. The topological polar surface area (TPSA) is 61.4 Å². The van der Waals surface area contributed by atoms with Crippen LogP contribution in [0.5, 0.6) is 0 Å². The van der Waals surface area contributed by atoms with Gasteiger partial charge in [-0.3, -0.25) is 14.5 Å². The van der Waals surface area contributed by atoms with Crippen molar-refractivity contribution >= 4 is 34.0 Å². The number of rotatable bonds is 7. The van der Waals surface area contributed by atoms with Crippen LogP contribution in [0, 0.1) is 0 Å². The van der Waals surface area contributed by atoms with Crippen LogP contribution < -0.4 is 10.6 Å². The highest BCUT2D eigenvalue weighted by Gasteiger charge is 2.21. The number of carbonyl (C=O) groups is 2. The summed E-state index contributed by atoms with van der Waals surface area (Å²) in [6, 6.07) is 21.0. The minimum atomic E-state index is -0.457. The van der Waals surface area contributed by atoms with Gasteiger partial charge in [0.2, 0.25) is 11.8 Å². The van der Waals surface area contributed by atoms with E-state index in [1.807, 2.05) is 66.7 Å². The van der Waals surface area contributed by atoms with E-state index in [0.717, 1.165) is 34.1 Å². The SMILES string of the molecule is CCc1ccccc1NC(=O)CN(C)[C@H](C)C(=O)Nc1cccc2ccccc12. The van der Waals surface area contributed by atoms with E-state index in [1.54, 1.807) is 18.9 Å². The molecule has 0 saturated carbocycles. The lowest BCUT2D eigenvalue weighted by Gasteiger charge is -2.24. The number of hydrogen-bond acceptors (Lipinski definition) is 3. The standard InChI is InChI=1S/C24H27N3O2/c1-4-18-10-6-8-14-21(18)25-23(28)16-27(3)17(2)24(29)26-22-15-9-12-19-11-5-7-13-20(19)22/h5-15,17H,4,16H2,1-3H3,(H,25,28)(H,26,29)/t17-/m1/s1. The number of nitrogens with one attached hydrogen (secondary N) is 2. The van der Waals surface area contributed by atoms with Gasteiger partial charge in [-0.15, -0.1) is 0 Å². The number of amides is 2. The molecule has 0 saturated heterocycles. The fraction of sp³-hybridized carbons (Fsp3) is 0.250.